The van der Waals surface area contributed by atoms with E-state index >= 15 is 0 Å². The lowest BCUT2D eigenvalue weighted by Crippen LogP contribution is -2.53. The Hall–Kier alpha value is -1.62. The number of carbonyl (C=O) groups excluding carboxylic acids is 1. The smallest absolute Gasteiger partial charge is 0.251 e. The number of nitrogens with one attached hydrogen (secondary N) is 1. The molecule has 2 atom stereocenters. The number of aliphatic hydroxyl groups excluding tert-OH is 1. The highest BCUT2D eigenvalue weighted by molar-refractivity contribution is 5.95. The van der Waals surface area contributed by atoms with Gasteiger partial charge in [0, 0.05) is 5.56 Å². The van der Waals surface area contributed by atoms with Crippen LogP contribution in [0.4, 0.5) is 10.1 Å². The standard InChI is InChI=1S/C15H21FN2O2/c1-10-3-2-6-15(8-10,9-19)18-14(20)11-4-5-12(16)13(17)7-11/h4-5,7,10,19H,2-3,6,8-9,17H2,1H3,(H,18,20). The van der Waals surface area contributed by atoms with Gasteiger partial charge in [0.25, 0.3) is 5.91 Å². The summed E-state index contributed by atoms with van der Waals surface area (Å²) in [6.45, 7) is 2.03. The highest BCUT2D eigenvalue weighted by Crippen LogP contribution is 2.32. The van der Waals surface area contributed by atoms with Crippen LogP contribution in [0, 0.1) is 11.7 Å². The second-order valence-corrected chi connectivity index (χ2v) is 5.83. The summed E-state index contributed by atoms with van der Waals surface area (Å²) in [6, 6.07) is 3.90. The van der Waals surface area contributed by atoms with Crippen molar-refractivity contribution in [2.24, 2.45) is 5.92 Å². The van der Waals surface area contributed by atoms with Crippen molar-refractivity contribution < 1.29 is 14.3 Å². The van der Waals surface area contributed by atoms with Crippen molar-refractivity contribution in [1.29, 1.82) is 0 Å². The van der Waals surface area contributed by atoms with Crippen molar-refractivity contribution in [3.05, 3.63) is 29.6 Å². The average Bonchev–Trinajstić information content (AvgIpc) is 2.41. The van der Waals surface area contributed by atoms with E-state index in [1.165, 1.54) is 18.2 Å². The molecule has 1 amide bonds. The number of aliphatic hydroxyl groups is 1. The van der Waals surface area contributed by atoms with Gasteiger partial charge in [0.1, 0.15) is 5.82 Å². The van der Waals surface area contributed by atoms with Crippen molar-refractivity contribution >= 4 is 11.6 Å². The van der Waals surface area contributed by atoms with Crippen LogP contribution in [-0.4, -0.2) is 23.2 Å². The molecule has 2 unspecified atom stereocenters. The highest BCUT2D eigenvalue weighted by atomic mass is 19.1. The van der Waals surface area contributed by atoms with Crippen LogP contribution in [0.5, 0.6) is 0 Å². The summed E-state index contributed by atoms with van der Waals surface area (Å²) in [5.74, 6) is -0.390. The summed E-state index contributed by atoms with van der Waals surface area (Å²) in [5.41, 5.74) is 5.17. The molecule has 1 aliphatic rings. The van der Waals surface area contributed by atoms with Gasteiger partial charge in [-0.3, -0.25) is 4.79 Å². The summed E-state index contributed by atoms with van der Waals surface area (Å²) >= 11 is 0. The lowest BCUT2D eigenvalue weighted by atomic mass is 9.76. The normalized spacial score (nSPS) is 26.2. The Bertz CT molecular complexity index is 507. The van der Waals surface area contributed by atoms with Gasteiger partial charge in [-0.25, -0.2) is 4.39 Å². The number of amides is 1. The van der Waals surface area contributed by atoms with Crippen molar-refractivity contribution in [3.8, 4) is 0 Å². The van der Waals surface area contributed by atoms with Gasteiger partial charge < -0.3 is 16.2 Å². The number of benzene rings is 1. The molecular weight excluding hydrogens is 259 g/mol. The maximum atomic E-state index is 13.1. The van der Waals surface area contributed by atoms with Crippen LogP contribution in [0.25, 0.3) is 0 Å². The SMILES string of the molecule is CC1CCCC(CO)(NC(=O)c2ccc(F)c(N)c2)C1. The lowest BCUT2D eigenvalue weighted by molar-refractivity contribution is 0.0697. The van der Waals surface area contributed by atoms with Crippen molar-refractivity contribution in [1.82, 2.24) is 5.32 Å². The van der Waals surface area contributed by atoms with E-state index in [1.807, 2.05) is 0 Å². The first-order valence-electron chi connectivity index (χ1n) is 6.94. The molecule has 1 fully saturated rings. The monoisotopic (exact) mass is 280 g/mol. The molecule has 5 heteroatoms. The molecule has 1 aromatic carbocycles. The summed E-state index contributed by atoms with van der Waals surface area (Å²) in [4.78, 5) is 12.2. The van der Waals surface area contributed by atoms with Crippen LogP contribution in [-0.2, 0) is 0 Å². The highest BCUT2D eigenvalue weighted by Gasteiger charge is 2.35. The van der Waals surface area contributed by atoms with Gasteiger partial charge in [-0.1, -0.05) is 19.8 Å². The van der Waals surface area contributed by atoms with Crippen LogP contribution in [0.2, 0.25) is 0 Å². The number of carbonyl (C=O) groups is 1. The van der Waals surface area contributed by atoms with Gasteiger partial charge in [-0.2, -0.15) is 0 Å². The summed E-state index contributed by atoms with van der Waals surface area (Å²) in [7, 11) is 0. The molecule has 0 spiro atoms. The molecule has 0 heterocycles. The number of halogens is 1. The van der Waals surface area contributed by atoms with Gasteiger partial charge in [0.15, 0.2) is 0 Å². The first-order chi connectivity index (χ1) is 9.46. The first kappa shape index (κ1) is 14.8. The molecule has 2 rings (SSSR count). The second-order valence-electron chi connectivity index (χ2n) is 5.83. The van der Waals surface area contributed by atoms with Crippen molar-refractivity contribution in [2.45, 2.75) is 38.1 Å². The molecule has 0 aliphatic heterocycles. The minimum Gasteiger partial charge on any atom is -0.396 e. The van der Waals surface area contributed by atoms with E-state index in [0.29, 0.717) is 11.5 Å². The molecule has 4 N–H and O–H groups in total. The van der Waals surface area contributed by atoms with Crippen molar-refractivity contribution in [3.63, 3.8) is 0 Å². The fraction of sp³-hybridized carbons (Fsp3) is 0.533. The molecule has 0 bridgehead atoms. The van der Waals surface area contributed by atoms with Crippen LogP contribution in [0.3, 0.4) is 0 Å². The van der Waals surface area contributed by atoms with Crippen LogP contribution < -0.4 is 11.1 Å². The number of hydrogen-bond acceptors (Lipinski definition) is 3. The molecule has 0 saturated heterocycles. The first-order valence-corrected chi connectivity index (χ1v) is 6.94. The van der Waals surface area contributed by atoms with E-state index in [4.69, 9.17) is 5.73 Å². The maximum Gasteiger partial charge on any atom is 0.251 e. The molecule has 0 radical (unpaired) electrons. The fourth-order valence-electron chi connectivity index (χ4n) is 2.95. The zero-order valence-electron chi connectivity index (χ0n) is 11.7. The van der Waals surface area contributed by atoms with Gasteiger partial charge >= 0.3 is 0 Å². The zero-order valence-corrected chi connectivity index (χ0v) is 11.7. The molecule has 1 aliphatic carbocycles. The largest absolute Gasteiger partial charge is 0.396 e. The van der Waals surface area contributed by atoms with Crippen LogP contribution in [0.15, 0.2) is 18.2 Å². The molecule has 0 aromatic heterocycles. The Kier molecular flexibility index (Phi) is 4.28. The van der Waals surface area contributed by atoms with E-state index < -0.39 is 11.4 Å². The maximum absolute atomic E-state index is 13.1. The van der Waals surface area contributed by atoms with E-state index in [0.717, 1.165) is 25.7 Å². The number of anilines is 1. The van der Waals surface area contributed by atoms with Gasteiger partial charge in [0.05, 0.1) is 17.8 Å². The topological polar surface area (TPSA) is 75.3 Å². The summed E-state index contributed by atoms with van der Waals surface area (Å²) in [6.07, 6.45) is 3.61. The zero-order chi connectivity index (χ0) is 14.8. The quantitative estimate of drug-likeness (QED) is 0.742. The Morgan fingerprint density at radius 2 is 2.35 bits per heavy atom. The van der Waals surface area contributed by atoms with E-state index in [2.05, 4.69) is 12.2 Å². The third kappa shape index (κ3) is 3.10. The average molecular weight is 280 g/mol. The molecule has 1 saturated carbocycles. The minimum absolute atomic E-state index is 0.0484. The number of rotatable bonds is 3. The Morgan fingerprint density at radius 3 is 2.95 bits per heavy atom. The van der Waals surface area contributed by atoms with Crippen LogP contribution in [0.1, 0.15) is 43.0 Å². The molecule has 110 valence electrons. The third-order valence-corrected chi connectivity index (χ3v) is 4.03. The summed E-state index contributed by atoms with van der Waals surface area (Å²) < 4.78 is 13.1. The predicted octanol–water partition coefficient (Wildman–Crippen LogP) is 2.08. The number of nitrogen functional groups attached to an aromatic ring is 1. The fourth-order valence-corrected chi connectivity index (χ4v) is 2.95. The number of hydrogen-bond donors (Lipinski definition) is 3. The Morgan fingerprint density at radius 1 is 1.60 bits per heavy atom. The Balaban J connectivity index is 2.14. The number of nitrogens with two attached hydrogens (primary N) is 1. The second kappa shape index (κ2) is 5.79. The molecule has 20 heavy (non-hydrogen) atoms. The van der Waals surface area contributed by atoms with E-state index in [-0.39, 0.29) is 18.2 Å². The Labute approximate surface area is 118 Å². The van der Waals surface area contributed by atoms with E-state index in [9.17, 15) is 14.3 Å². The minimum atomic E-state index is -0.572. The van der Waals surface area contributed by atoms with Crippen LogP contribution >= 0.6 is 0 Å². The van der Waals surface area contributed by atoms with Crippen molar-refractivity contribution in [2.75, 3.05) is 12.3 Å². The molecule has 4 nitrogen and oxygen atoms in total. The predicted molar refractivity (Wildman–Crippen MR) is 75.7 cm³/mol. The molecular formula is C15H21FN2O2. The summed E-state index contributed by atoms with van der Waals surface area (Å²) in [5, 5.41) is 12.6. The van der Waals surface area contributed by atoms with Gasteiger partial charge in [-0.15, -0.1) is 0 Å². The van der Waals surface area contributed by atoms with Gasteiger partial charge in [0.2, 0.25) is 0 Å². The van der Waals surface area contributed by atoms with Gasteiger partial charge in [-0.05, 0) is 37.0 Å². The lowest BCUT2D eigenvalue weighted by Gasteiger charge is -2.39. The third-order valence-electron chi connectivity index (χ3n) is 4.03. The molecule has 1 aromatic rings. The van der Waals surface area contributed by atoms with E-state index in [1.54, 1.807) is 0 Å².